The first kappa shape index (κ1) is 13.8. The lowest BCUT2D eigenvalue weighted by atomic mass is 9.84. The molecule has 1 heterocycles. The molecule has 0 bridgehead atoms. The highest BCUT2D eigenvalue weighted by Crippen LogP contribution is 2.31. The smallest absolute Gasteiger partial charge is 0.240 e. The Balaban J connectivity index is 1.98. The maximum Gasteiger partial charge on any atom is 0.240 e. The highest BCUT2D eigenvalue weighted by Gasteiger charge is 2.39. The summed E-state index contributed by atoms with van der Waals surface area (Å²) in [5.74, 6) is 0.537. The van der Waals surface area contributed by atoms with Crippen molar-refractivity contribution in [2.24, 2.45) is 5.92 Å². The molecule has 2 rings (SSSR count). The third-order valence-electron chi connectivity index (χ3n) is 4.28. The third-order valence-corrected chi connectivity index (χ3v) is 4.28. The Morgan fingerprint density at radius 1 is 1.33 bits per heavy atom. The van der Waals surface area contributed by atoms with Gasteiger partial charge in [-0.15, -0.1) is 0 Å². The molecule has 104 valence electrons. The van der Waals surface area contributed by atoms with Crippen LogP contribution in [0.5, 0.6) is 0 Å². The SMILES string of the molecule is CC(C)NC1CCN(C2CCCCC2CO)C1=O. The van der Waals surface area contributed by atoms with Gasteiger partial charge in [-0.1, -0.05) is 26.7 Å². The van der Waals surface area contributed by atoms with Crippen LogP contribution in [0.3, 0.4) is 0 Å². The predicted molar refractivity (Wildman–Crippen MR) is 71.2 cm³/mol. The molecule has 1 amide bonds. The van der Waals surface area contributed by atoms with E-state index in [1.165, 1.54) is 12.8 Å². The lowest BCUT2D eigenvalue weighted by Crippen LogP contribution is -2.48. The Labute approximate surface area is 110 Å². The van der Waals surface area contributed by atoms with Crippen LogP contribution in [-0.2, 0) is 4.79 Å². The molecule has 1 saturated heterocycles. The summed E-state index contributed by atoms with van der Waals surface area (Å²) in [7, 11) is 0. The van der Waals surface area contributed by atoms with Gasteiger partial charge in [0.25, 0.3) is 0 Å². The van der Waals surface area contributed by atoms with Crippen molar-refractivity contribution >= 4 is 5.91 Å². The topological polar surface area (TPSA) is 52.6 Å². The second-order valence-electron chi connectivity index (χ2n) is 5.99. The van der Waals surface area contributed by atoms with E-state index < -0.39 is 0 Å². The Morgan fingerprint density at radius 3 is 2.72 bits per heavy atom. The van der Waals surface area contributed by atoms with Crippen LogP contribution in [0.25, 0.3) is 0 Å². The van der Waals surface area contributed by atoms with Gasteiger partial charge < -0.3 is 15.3 Å². The average Bonchev–Trinajstić information content (AvgIpc) is 2.70. The van der Waals surface area contributed by atoms with Crippen molar-refractivity contribution < 1.29 is 9.90 Å². The lowest BCUT2D eigenvalue weighted by Gasteiger charge is -2.37. The van der Waals surface area contributed by atoms with E-state index in [9.17, 15) is 9.90 Å². The maximum absolute atomic E-state index is 12.4. The number of likely N-dealkylation sites (tertiary alicyclic amines) is 1. The highest BCUT2D eigenvalue weighted by atomic mass is 16.3. The zero-order valence-electron chi connectivity index (χ0n) is 11.6. The fourth-order valence-corrected chi connectivity index (χ4v) is 3.40. The number of carbonyl (C=O) groups is 1. The first-order chi connectivity index (χ1) is 8.63. The molecule has 0 aromatic heterocycles. The normalized spacial score (nSPS) is 33.4. The number of nitrogens with one attached hydrogen (secondary N) is 1. The summed E-state index contributed by atoms with van der Waals surface area (Å²) in [6.45, 7) is 5.22. The summed E-state index contributed by atoms with van der Waals surface area (Å²) in [6, 6.07) is 0.611. The molecule has 2 aliphatic rings. The third kappa shape index (κ3) is 2.86. The molecule has 1 aliphatic heterocycles. The molecule has 1 aliphatic carbocycles. The molecule has 2 N–H and O–H groups in total. The molecule has 0 aromatic rings. The van der Waals surface area contributed by atoms with E-state index >= 15 is 0 Å². The Morgan fingerprint density at radius 2 is 2.06 bits per heavy atom. The predicted octanol–water partition coefficient (Wildman–Crippen LogP) is 1.14. The van der Waals surface area contributed by atoms with Gasteiger partial charge in [0.05, 0.1) is 6.04 Å². The van der Waals surface area contributed by atoms with E-state index in [4.69, 9.17) is 0 Å². The first-order valence-electron chi connectivity index (χ1n) is 7.31. The summed E-state index contributed by atoms with van der Waals surface area (Å²) in [4.78, 5) is 14.4. The van der Waals surface area contributed by atoms with Gasteiger partial charge in [0.1, 0.15) is 0 Å². The van der Waals surface area contributed by atoms with Crippen molar-refractivity contribution in [2.45, 2.75) is 64.1 Å². The van der Waals surface area contributed by atoms with Gasteiger partial charge in [-0.05, 0) is 19.3 Å². The van der Waals surface area contributed by atoms with E-state index in [-0.39, 0.29) is 24.6 Å². The van der Waals surface area contributed by atoms with Gasteiger partial charge in [0.2, 0.25) is 5.91 Å². The summed E-state index contributed by atoms with van der Waals surface area (Å²) < 4.78 is 0. The molecule has 1 saturated carbocycles. The van der Waals surface area contributed by atoms with Gasteiger partial charge in [-0.3, -0.25) is 4.79 Å². The van der Waals surface area contributed by atoms with Crippen molar-refractivity contribution in [3.05, 3.63) is 0 Å². The first-order valence-corrected chi connectivity index (χ1v) is 7.31. The second kappa shape index (κ2) is 6.02. The van der Waals surface area contributed by atoms with Gasteiger partial charge in [0, 0.05) is 31.2 Å². The number of nitrogens with zero attached hydrogens (tertiary/aromatic N) is 1. The Hall–Kier alpha value is -0.610. The van der Waals surface area contributed by atoms with Crippen LogP contribution in [0.2, 0.25) is 0 Å². The molecular weight excluding hydrogens is 228 g/mol. The fraction of sp³-hybridized carbons (Fsp3) is 0.929. The molecule has 3 unspecified atom stereocenters. The number of aliphatic hydroxyl groups is 1. The highest BCUT2D eigenvalue weighted by molar-refractivity contribution is 5.84. The van der Waals surface area contributed by atoms with E-state index in [1.54, 1.807) is 0 Å². The number of hydrogen-bond donors (Lipinski definition) is 2. The largest absolute Gasteiger partial charge is 0.396 e. The van der Waals surface area contributed by atoms with Gasteiger partial charge in [0.15, 0.2) is 0 Å². The van der Waals surface area contributed by atoms with Crippen molar-refractivity contribution in [2.75, 3.05) is 13.2 Å². The lowest BCUT2D eigenvalue weighted by molar-refractivity contribution is -0.133. The second-order valence-corrected chi connectivity index (χ2v) is 5.99. The minimum absolute atomic E-state index is 0.00808. The molecule has 0 aromatic carbocycles. The fourth-order valence-electron chi connectivity index (χ4n) is 3.40. The van der Waals surface area contributed by atoms with Gasteiger partial charge >= 0.3 is 0 Å². The summed E-state index contributed by atoms with van der Waals surface area (Å²) in [5, 5.41) is 12.8. The molecule has 0 spiro atoms. The monoisotopic (exact) mass is 254 g/mol. The minimum atomic E-state index is -0.00808. The van der Waals surface area contributed by atoms with E-state index in [1.807, 2.05) is 4.90 Å². The van der Waals surface area contributed by atoms with Crippen LogP contribution in [0, 0.1) is 5.92 Å². The molecular formula is C14H26N2O2. The van der Waals surface area contributed by atoms with Crippen LogP contribution in [-0.4, -0.2) is 47.2 Å². The van der Waals surface area contributed by atoms with Crippen LogP contribution < -0.4 is 5.32 Å². The number of hydrogen-bond acceptors (Lipinski definition) is 3. The standard InChI is InChI=1S/C14H26N2O2/c1-10(2)15-12-7-8-16(14(12)18)13-6-4-3-5-11(13)9-17/h10-13,15,17H,3-9H2,1-2H3. The molecule has 4 nitrogen and oxygen atoms in total. The van der Waals surface area contributed by atoms with E-state index in [0.29, 0.717) is 12.0 Å². The van der Waals surface area contributed by atoms with Crippen LogP contribution in [0.1, 0.15) is 46.0 Å². The molecule has 3 atom stereocenters. The van der Waals surface area contributed by atoms with Crippen LogP contribution in [0.15, 0.2) is 0 Å². The summed E-state index contributed by atoms with van der Waals surface area (Å²) >= 11 is 0. The van der Waals surface area contributed by atoms with Crippen molar-refractivity contribution in [1.29, 1.82) is 0 Å². The van der Waals surface area contributed by atoms with Crippen molar-refractivity contribution in [3.8, 4) is 0 Å². The summed E-state index contributed by atoms with van der Waals surface area (Å²) in [5.41, 5.74) is 0. The van der Waals surface area contributed by atoms with Crippen molar-refractivity contribution in [1.82, 2.24) is 10.2 Å². The Bertz CT molecular complexity index is 294. The zero-order valence-corrected chi connectivity index (χ0v) is 11.6. The molecule has 0 radical (unpaired) electrons. The maximum atomic E-state index is 12.4. The Kier molecular flexibility index (Phi) is 4.62. The average molecular weight is 254 g/mol. The zero-order chi connectivity index (χ0) is 13.1. The van der Waals surface area contributed by atoms with E-state index in [2.05, 4.69) is 19.2 Å². The van der Waals surface area contributed by atoms with Gasteiger partial charge in [-0.2, -0.15) is 0 Å². The quantitative estimate of drug-likeness (QED) is 0.791. The number of amides is 1. The minimum Gasteiger partial charge on any atom is -0.396 e. The number of carbonyl (C=O) groups excluding carboxylic acids is 1. The van der Waals surface area contributed by atoms with E-state index in [0.717, 1.165) is 25.8 Å². The van der Waals surface area contributed by atoms with Crippen molar-refractivity contribution in [3.63, 3.8) is 0 Å². The van der Waals surface area contributed by atoms with Crippen LogP contribution in [0.4, 0.5) is 0 Å². The van der Waals surface area contributed by atoms with Gasteiger partial charge in [-0.25, -0.2) is 0 Å². The number of aliphatic hydroxyl groups excluding tert-OH is 1. The molecule has 4 heteroatoms. The number of rotatable bonds is 4. The van der Waals surface area contributed by atoms with Crippen LogP contribution >= 0.6 is 0 Å². The molecule has 18 heavy (non-hydrogen) atoms. The molecule has 2 fully saturated rings. The summed E-state index contributed by atoms with van der Waals surface area (Å²) in [6.07, 6.45) is 5.41.